The van der Waals surface area contributed by atoms with Crippen LogP contribution in [-0.2, 0) is 4.74 Å². The molecule has 3 nitrogen and oxygen atoms in total. The Labute approximate surface area is 75.0 Å². The first kappa shape index (κ1) is 9.96. The maximum absolute atomic E-state index is 5.31. The number of hydrazine groups is 1. The molecule has 1 aliphatic heterocycles. The van der Waals surface area contributed by atoms with E-state index in [4.69, 9.17) is 4.74 Å². The van der Waals surface area contributed by atoms with Crippen molar-refractivity contribution in [2.45, 2.75) is 39.5 Å². The van der Waals surface area contributed by atoms with E-state index in [0.29, 0.717) is 11.5 Å². The highest BCUT2D eigenvalue weighted by Crippen LogP contribution is 2.28. The Kier molecular flexibility index (Phi) is 2.76. The number of nitrogens with zero attached hydrogens (tertiary/aromatic N) is 1. The molecule has 0 aromatic carbocycles. The van der Waals surface area contributed by atoms with Gasteiger partial charge >= 0.3 is 0 Å². The lowest BCUT2D eigenvalue weighted by atomic mass is 9.86. The summed E-state index contributed by atoms with van der Waals surface area (Å²) < 4.78 is 5.31. The van der Waals surface area contributed by atoms with Crippen LogP contribution >= 0.6 is 0 Å². The van der Waals surface area contributed by atoms with E-state index in [1.165, 1.54) is 0 Å². The fraction of sp³-hybridized carbons (Fsp3) is 1.00. The van der Waals surface area contributed by atoms with Gasteiger partial charge in [0.15, 0.2) is 0 Å². The molecule has 0 amide bonds. The molecule has 12 heavy (non-hydrogen) atoms. The average molecular weight is 172 g/mol. The third-order valence-electron chi connectivity index (χ3n) is 2.55. The summed E-state index contributed by atoms with van der Waals surface area (Å²) in [6.07, 6.45) is 1.30. The van der Waals surface area contributed by atoms with Crippen molar-refractivity contribution in [2.75, 3.05) is 14.2 Å². The van der Waals surface area contributed by atoms with E-state index in [1.807, 2.05) is 7.05 Å². The van der Waals surface area contributed by atoms with Crippen LogP contribution in [0, 0.1) is 5.41 Å². The lowest BCUT2D eigenvalue weighted by molar-refractivity contribution is -0.00811. The number of hydrogen-bond donors (Lipinski definition) is 1. The zero-order chi connectivity index (χ0) is 9.35. The first-order valence-corrected chi connectivity index (χ1v) is 4.47. The second kappa shape index (κ2) is 3.32. The van der Waals surface area contributed by atoms with E-state index in [0.717, 1.165) is 6.42 Å². The number of methoxy groups -OCH3 is 1. The van der Waals surface area contributed by atoms with E-state index < -0.39 is 0 Å². The molecule has 1 N–H and O–H groups in total. The molecule has 2 atom stereocenters. The van der Waals surface area contributed by atoms with Gasteiger partial charge in [0.2, 0.25) is 0 Å². The molecule has 0 aromatic heterocycles. The lowest BCUT2D eigenvalue weighted by Gasteiger charge is -2.26. The summed E-state index contributed by atoms with van der Waals surface area (Å²) in [4.78, 5) is 0. The van der Waals surface area contributed by atoms with Gasteiger partial charge < -0.3 is 4.74 Å². The Balaban J connectivity index is 2.54. The predicted octanol–water partition coefficient (Wildman–Crippen LogP) is 1.21. The number of ether oxygens (including phenoxy) is 1. The molecule has 1 aliphatic rings. The normalized spacial score (nSPS) is 32.8. The van der Waals surface area contributed by atoms with Gasteiger partial charge in [-0.15, -0.1) is 0 Å². The Morgan fingerprint density at radius 2 is 2.00 bits per heavy atom. The standard InChI is InChI=1S/C9H20N2O/c1-9(2,3)7-6-8(12-5)11(4)10-7/h7-8,10H,6H2,1-5H3. The smallest absolute Gasteiger partial charge is 0.123 e. The molecule has 3 heteroatoms. The number of nitrogens with one attached hydrogen (secondary N) is 1. The second-order valence-electron chi connectivity index (χ2n) is 4.58. The van der Waals surface area contributed by atoms with Crippen molar-refractivity contribution in [1.29, 1.82) is 0 Å². The molecule has 0 saturated carbocycles. The molecular weight excluding hydrogens is 152 g/mol. The molecule has 0 spiro atoms. The molecule has 0 aromatic rings. The highest BCUT2D eigenvalue weighted by molar-refractivity contribution is 4.86. The number of hydrogen-bond acceptors (Lipinski definition) is 3. The van der Waals surface area contributed by atoms with E-state index in [9.17, 15) is 0 Å². The quantitative estimate of drug-likeness (QED) is 0.643. The summed E-state index contributed by atoms with van der Waals surface area (Å²) in [6, 6.07) is 0.521. The van der Waals surface area contributed by atoms with Crippen LogP contribution < -0.4 is 5.43 Å². The van der Waals surface area contributed by atoms with Gasteiger partial charge in [-0.2, -0.15) is 0 Å². The van der Waals surface area contributed by atoms with Crippen LogP contribution in [-0.4, -0.2) is 31.4 Å². The van der Waals surface area contributed by atoms with Gasteiger partial charge in [-0.3, -0.25) is 0 Å². The maximum atomic E-state index is 5.31. The Morgan fingerprint density at radius 3 is 2.25 bits per heavy atom. The molecule has 1 heterocycles. The van der Waals surface area contributed by atoms with E-state index in [2.05, 4.69) is 31.2 Å². The van der Waals surface area contributed by atoms with Crippen molar-refractivity contribution in [3.05, 3.63) is 0 Å². The Hall–Kier alpha value is -0.120. The van der Waals surface area contributed by atoms with Crippen molar-refractivity contribution in [1.82, 2.24) is 10.4 Å². The van der Waals surface area contributed by atoms with Crippen LogP contribution in [0.25, 0.3) is 0 Å². The Bertz CT molecular complexity index is 153. The molecule has 0 radical (unpaired) electrons. The predicted molar refractivity (Wildman–Crippen MR) is 49.6 cm³/mol. The van der Waals surface area contributed by atoms with Crippen LogP contribution in [0.1, 0.15) is 27.2 Å². The molecule has 1 saturated heterocycles. The van der Waals surface area contributed by atoms with Gasteiger partial charge in [0.25, 0.3) is 0 Å². The fourth-order valence-corrected chi connectivity index (χ4v) is 1.54. The van der Waals surface area contributed by atoms with Crippen molar-refractivity contribution in [3.8, 4) is 0 Å². The SMILES string of the molecule is COC1CC(C(C)(C)C)NN1C. The monoisotopic (exact) mass is 172 g/mol. The first-order valence-electron chi connectivity index (χ1n) is 4.47. The summed E-state index contributed by atoms with van der Waals surface area (Å²) in [5.41, 5.74) is 3.71. The van der Waals surface area contributed by atoms with Crippen LogP contribution in [0.5, 0.6) is 0 Å². The molecule has 72 valence electrons. The minimum Gasteiger partial charge on any atom is -0.365 e. The third kappa shape index (κ3) is 1.97. The summed E-state index contributed by atoms with van der Waals surface area (Å²) in [7, 11) is 3.79. The maximum Gasteiger partial charge on any atom is 0.123 e. The molecule has 0 aliphatic carbocycles. The Morgan fingerprint density at radius 1 is 1.42 bits per heavy atom. The van der Waals surface area contributed by atoms with E-state index >= 15 is 0 Å². The molecular formula is C9H20N2O. The lowest BCUT2D eigenvalue weighted by Crippen LogP contribution is -2.41. The van der Waals surface area contributed by atoms with Crippen LogP contribution in [0.15, 0.2) is 0 Å². The summed E-state index contributed by atoms with van der Waals surface area (Å²) in [6.45, 7) is 6.74. The molecule has 1 fully saturated rings. The molecule has 2 unspecified atom stereocenters. The largest absolute Gasteiger partial charge is 0.365 e. The van der Waals surface area contributed by atoms with Crippen LogP contribution in [0.4, 0.5) is 0 Å². The van der Waals surface area contributed by atoms with Gasteiger partial charge in [0.1, 0.15) is 6.23 Å². The average Bonchev–Trinajstić information content (AvgIpc) is 2.29. The van der Waals surface area contributed by atoms with Gasteiger partial charge in [-0.05, 0) is 5.41 Å². The fourth-order valence-electron chi connectivity index (χ4n) is 1.54. The summed E-state index contributed by atoms with van der Waals surface area (Å²) >= 11 is 0. The minimum atomic E-state index is 0.231. The van der Waals surface area contributed by atoms with E-state index in [-0.39, 0.29) is 6.23 Å². The van der Waals surface area contributed by atoms with Crippen LogP contribution in [0.2, 0.25) is 0 Å². The first-order chi connectivity index (χ1) is 5.45. The van der Waals surface area contributed by atoms with Gasteiger partial charge in [0, 0.05) is 26.6 Å². The number of rotatable bonds is 1. The van der Waals surface area contributed by atoms with Crippen LogP contribution in [0.3, 0.4) is 0 Å². The van der Waals surface area contributed by atoms with Gasteiger partial charge in [-0.1, -0.05) is 20.8 Å². The van der Waals surface area contributed by atoms with Gasteiger partial charge in [0.05, 0.1) is 0 Å². The highest BCUT2D eigenvalue weighted by Gasteiger charge is 2.35. The van der Waals surface area contributed by atoms with Crippen molar-refractivity contribution in [2.24, 2.45) is 5.41 Å². The third-order valence-corrected chi connectivity index (χ3v) is 2.55. The minimum absolute atomic E-state index is 0.231. The van der Waals surface area contributed by atoms with E-state index in [1.54, 1.807) is 7.11 Å². The molecule has 0 bridgehead atoms. The van der Waals surface area contributed by atoms with Crippen molar-refractivity contribution < 1.29 is 4.74 Å². The summed E-state index contributed by atoms with van der Waals surface area (Å²) in [5, 5.41) is 2.05. The topological polar surface area (TPSA) is 24.5 Å². The highest BCUT2D eigenvalue weighted by atomic mass is 16.5. The summed E-state index contributed by atoms with van der Waals surface area (Å²) in [5.74, 6) is 0. The van der Waals surface area contributed by atoms with Gasteiger partial charge in [-0.25, -0.2) is 10.4 Å². The zero-order valence-electron chi connectivity index (χ0n) is 8.72. The molecule has 1 rings (SSSR count). The zero-order valence-corrected chi connectivity index (χ0v) is 8.72. The van der Waals surface area contributed by atoms with Crippen molar-refractivity contribution in [3.63, 3.8) is 0 Å². The van der Waals surface area contributed by atoms with Crippen molar-refractivity contribution >= 4 is 0 Å². The second-order valence-corrected chi connectivity index (χ2v) is 4.58.